The van der Waals surface area contributed by atoms with Gasteiger partial charge in [0.05, 0.1) is 5.69 Å². The molecule has 7 heteroatoms. The maximum absolute atomic E-state index is 11.7. The van der Waals surface area contributed by atoms with Gasteiger partial charge in [0.2, 0.25) is 10.0 Å². The molecule has 1 unspecified atom stereocenters. The van der Waals surface area contributed by atoms with Gasteiger partial charge in [0.25, 0.3) is 0 Å². The standard InChI is InChI=1S/C9H12N2O4S/c1-6(9(12)13)11-16(14,15)8-5-3-2-4-7(8)10/h2-6,11H,10H2,1H3,(H,12,13). The summed E-state index contributed by atoms with van der Waals surface area (Å²) in [4.78, 5) is 10.4. The van der Waals surface area contributed by atoms with E-state index in [2.05, 4.69) is 0 Å². The van der Waals surface area contributed by atoms with Crippen LogP contribution in [0.25, 0.3) is 0 Å². The van der Waals surface area contributed by atoms with Crippen LogP contribution in [0.2, 0.25) is 0 Å². The monoisotopic (exact) mass is 244 g/mol. The Bertz CT molecular complexity index is 498. The van der Waals surface area contributed by atoms with Crippen LogP contribution in [0.4, 0.5) is 5.69 Å². The van der Waals surface area contributed by atoms with Crippen LogP contribution in [-0.4, -0.2) is 25.5 Å². The van der Waals surface area contributed by atoms with Gasteiger partial charge in [-0.2, -0.15) is 4.72 Å². The first-order chi connectivity index (χ1) is 7.34. The molecule has 0 fully saturated rings. The average molecular weight is 244 g/mol. The highest BCUT2D eigenvalue weighted by Crippen LogP contribution is 2.17. The number of sulfonamides is 1. The van der Waals surface area contributed by atoms with E-state index >= 15 is 0 Å². The molecular weight excluding hydrogens is 232 g/mol. The minimum atomic E-state index is -3.89. The summed E-state index contributed by atoms with van der Waals surface area (Å²) < 4.78 is 25.4. The molecule has 0 saturated heterocycles. The van der Waals surface area contributed by atoms with Crippen molar-refractivity contribution in [3.05, 3.63) is 24.3 Å². The quantitative estimate of drug-likeness (QED) is 0.647. The number of para-hydroxylation sites is 1. The molecule has 0 bridgehead atoms. The van der Waals surface area contributed by atoms with Crippen molar-refractivity contribution in [3.63, 3.8) is 0 Å². The van der Waals surface area contributed by atoms with Crippen molar-refractivity contribution < 1.29 is 18.3 Å². The highest BCUT2D eigenvalue weighted by molar-refractivity contribution is 7.89. The first-order valence-corrected chi connectivity index (χ1v) is 5.92. The Morgan fingerprint density at radius 1 is 1.44 bits per heavy atom. The van der Waals surface area contributed by atoms with Gasteiger partial charge in [-0.1, -0.05) is 12.1 Å². The Hall–Kier alpha value is -1.60. The number of aliphatic carboxylic acids is 1. The summed E-state index contributed by atoms with van der Waals surface area (Å²) in [6, 6.07) is 4.64. The number of hydrogen-bond donors (Lipinski definition) is 3. The lowest BCUT2D eigenvalue weighted by Gasteiger charge is -2.11. The van der Waals surface area contributed by atoms with E-state index in [0.29, 0.717) is 0 Å². The number of rotatable bonds is 4. The van der Waals surface area contributed by atoms with E-state index < -0.39 is 22.0 Å². The molecule has 0 radical (unpaired) electrons. The largest absolute Gasteiger partial charge is 0.480 e. The molecule has 1 aromatic carbocycles. The smallest absolute Gasteiger partial charge is 0.321 e. The predicted octanol–water partition coefficient (Wildman–Crippen LogP) is 0.0202. The Balaban J connectivity index is 3.04. The second kappa shape index (κ2) is 4.50. The summed E-state index contributed by atoms with van der Waals surface area (Å²) in [5.41, 5.74) is 5.57. The van der Waals surface area contributed by atoms with Gasteiger partial charge in [-0.25, -0.2) is 8.42 Å². The number of nitrogens with one attached hydrogen (secondary N) is 1. The molecule has 4 N–H and O–H groups in total. The molecule has 0 amide bonds. The zero-order valence-corrected chi connectivity index (χ0v) is 9.36. The molecule has 0 aromatic heterocycles. The molecule has 88 valence electrons. The summed E-state index contributed by atoms with van der Waals surface area (Å²) >= 11 is 0. The molecule has 1 atom stereocenters. The van der Waals surface area contributed by atoms with Crippen LogP contribution >= 0.6 is 0 Å². The molecule has 1 aromatic rings. The SMILES string of the molecule is CC(NS(=O)(=O)c1ccccc1N)C(=O)O. The third kappa shape index (κ3) is 2.71. The fourth-order valence-corrected chi connectivity index (χ4v) is 2.40. The highest BCUT2D eigenvalue weighted by atomic mass is 32.2. The Morgan fingerprint density at radius 2 is 2.00 bits per heavy atom. The third-order valence-corrected chi connectivity index (χ3v) is 3.53. The van der Waals surface area contributed by atoms with Crippen molar-refractivity contribution in [3.8, 4) is 0 Å². The summed E-state index contributed by atoms with van der Waals surface area (Å²) in [5, 5.41) is 8.60. The van der Waals surface area contributed by atoms with Crippen molar-refractivity contribution in [1.29, 1.82) is 0 Å². The molecule has 0 spiro atoms. The molecule has 6 nitrogen and oxygen atoms in total. The van der Waals surface area contributed by atoms with Crippen LogP contribution in [-0.2, 0) is 14.8 Å². The van der Waals surface area contributed by atoms with E-state index in [1.807, 2.05) is 4.72 Å². The molecule has 0 aliphatic carbocycles. The fraction of sp³-hybridized carbons (Fsp3) is 0.222. The first kappa shape index (κ1) is 12.5. The lowest BCUT2D eigenvalue weighted by molar-refractivity contribution is -0.138. The van der Waals surface area contributed by atoms with Gasteiger partial charge in [0, 0.05) is 0 Å². The van der Waals surface area contributed by atoms with Gasteiger partial charge >= 0.3 is 5.97 Å². The normalized spacial score (nSPS) is 13.3. The van der Waals surface area contributed by atoms with E-state index in [0.717, 1.165) is 0 Å². The van der Waals surface area contributed by atoms with Crippen LogP contribution in [0.15, 0.2) is 29.2 Å². The molecule has 0 saturated carbocycles. The van der Waals surface area contributed by atoms with Crippen molar-refractivity contribution in [2.75, 3.05) is 5.73 Å². The number of benzene rings is 1. The second-order valence-corrected chi connectivity index (χ2v) is 4.90. The summed E-state index contributed by atoms with van der Waals surface area (Å²) in [5.74, 6) is -1.25. The Kier molecular flexibility index (Phi) is 3.51. The topological polar surface area (TPSA) is 109 Å². The lowest BCUT2D eigenvalue weighted by atomic mass is 10.3. The zero-order valence-electron chi connectivity index (χ0n) is 8.54. The Morgan fingerprint density at radius 3 is 2.50 bits per heavy atom. The van der Waals surface area contributed by atoms with Crippen molar-refractivity contribution >= 4 is 21.7 Å². The van der Waals surface area contributed by atoms with Crippen molar-refractivity contribution in [2.24, 2.45) is 0 Å². The lowest BCUT2D eigenvalue weighted by Crippen LogP contribution is -2.38. The molecule has 1 rings (SSSR count). The van der Waals surface area contributed by atoms with Gasteiger partial charge in [0.1, 0.15) is 10.9 Å². The molecular formula is C9H12N2O4S. The van der Waals surface area contributed by atoms with E-state index in [1.54, 1.807) is 6.07 Å². The van der Waals surface area contributed by atoms with Crippen LogP contribution in [0, 0.1) is 0 Å². The summed E-state index contributed by atoms with van der Waals surface area (Å²) in [6.07, 6.45) is 0. The number of hydrogen-bond acceptors (Lipinski definition) is 4. The van der Waals surface area contributed by atoms with Gasteiger partial charge in [-0.15, -0.1) is 0 Å². The van der Waals surface area contributed by atoms with Gasteiger partial charge in [-0.3, -0.25) is 4.79 Å². The maximum Gasteiger partial charge on any atom is 0.321 e. The minimum absolute atomic E-state index is 0.0765. The van der Waals surface area contributed by atoms with Crippen LogP contribution in [0.1, 0.15) is 6.92 Å². The van der Waals surface area contributed by atoms with Crippen molar-refractivity contribution in [1.82, 2.24) is 4.72 Å². The summed E-state index contributed by atoms with van der Waals surface area (Å²) in [7, 11) is -3.89. The van der Waals surface area contributed by atoms with Gasteiger partial charge in [0.15, 0.2) is 0 Å². The third-order valence-electron chi connectivity index (χ3n) is 1.91. The zero-order chi connectivity index (χ0) is 12.3. The number of nitrogens with two attached hydrogens (primary N) is 1. The highest BCUT2D eigenvalue weighted by Gasteiger charge is 2.22. The van der Waals surface area contributed by atoms with E-state index in [4.69, 9.17) is 10.8 Å². The number of carboxylic acid groups (broad SMARTS) is 1. The summed E-state index contributed by atoms with van der Waals surface area (Å²) in [6.45, 7) is 1.24. The predicted molar refractivity (Wildman–Crippen MR) is 58.3 cm³/mol. The minimum Gasteiger partial charge on any atom is -0.480 e. The van der Waals surface area contributed by atoms with Gasteiger partial charge in [-0.05, 0) is 19.1 Å². The first-order valence-electron chi connectivity index (χ1n) is 4.44. The number of carboxylic acids is 1. The van der Waals surface area contributed by atoms with Crippen molar-refractivity contribution in [2.45, 2.75) is 17.9 Å². The van der Waals surface area contributed by atoms with Gasteiger partial charge < -0.3 is 10.8 Å². The maximum atomic E-state index is 11.7. The van der Waals surface area contributed by atoms with E-state index in [9.17, 15) is 13.2 Å². The van der Waals surface area contributed by atoms with Crippen LogP contribution < -0.4 is 10.5 Å². The van der Waals surface area contributed by atoms with Crippen LogP contribution in [0.5, 0.6) is 0 Å². The molecule has 0 aliphatic rings. The van der Waals surface area contributed by atoms with E-state index in [-0.39, 0.29) is 10.6 Å². The number of carbonyl (C=O) groups is 1. The number of nitrogen functional groups attached to an aromatic ring is 1. The molecule has 0 aliphatic heterocycles. The molecule has 0 heterocycles. The fourth-order valence-electron chi connectivity index (χ4n) is 1.07. The number of anilines is 1. The van der Waals surface area contributed by atoms with Crippen LogP contribution in [0.3, 0.4) is 0 Å². The average Bonchev–Trinajstić information content (AvgIpc) is 2.17. The second-order valence-electron chi connectivity index (χ2n) is 3.22. The Labute approximate surface area is 93.1 Å². The van der Waals surface area contributed by atoms with E-state index in [1.165, 1.54) is 25.1 Å². The molecule has 16 heavy (non-hydrogen) atoms.